The van der Waals surface area contributed by atoms with E-state index in [0.29, 0.717) is 37.6 Å². The highest BCUT2D eigenvalue weighted by molar-refractivity contribution is 5.85. The molecule has 2 N–H and O–H groups in total. The quantitative estimate of drug-likeness (QED) is 0.648. The summed E-state index contributed by atoms with van der Waals surface area (Å²) in [5, 5.41) is 19.2. The normalized spacial score (nSPS) is 10.5. The van der Waals surface area contributed by atoms with Crippen molar-refractivity contribution in [2.45, 2.75) is 25.7 Å². The SMILES string of the molecule is O=C(O)CCCOc1ccc2ccc(OCCCC(=O)O)cc2c1. The Balaban J connectivity index is 1.93. The second-order valence-corrected chi connectivity index (χ2v) is 5.36. The molecule has 2 rings (SSSR count). The van der Waals surface area contributed by atoms with Crippen LogP contribution in [0.25, 0.3) is 10.8 Å². The van der Waals surface area contributed by atoms with Gasteiger partial charge in [0.2, 0.25) is 0 Å². The molecule has 0 radical (unpaired) electrons. The van der Waals surface area contributed by atoms with Crippen molar-refractivity contribution in [2.24, 2.45) is 0 Å². The van der Waals surface area contributed by atoms with Crippen molar-refractivity contribution in [3.05, 3.63) is 36.4 Å². The Labute approximate surface area is 139 Å². The number of hydrogen-bond acceptors (Lipinski definition) is 4. The van der Waals surface area contributed by atoms with E-state index in [1.54, 1.807) is 0 Å². The standard InChI is InChI=1S/C18H20O6/c19-17(20)3-1-9-23-15-7-5-13-6-8-16(12-14(13)11-15)24-10-2-4-18(21)22/h5-8,11-12H,1-4,9-10H2,(H,19,20)(H,21,22). The molecule has 0 bridgehead atoms. The van der Waals surface area contributed by atoms with Crippen molar-refractivity contribution < 1.29 is 29.3 Å². The first kappa shape index (κ1) is 17.6. The fourth-order valence-electron chi connectivity index (χ4n) is 2.21. The number of rotatable bonds is 10. The first-order chi connectivity index (χ1) is 11.5. The van der Waals surface area contributed by atoms with Gasteiger partial charge in [0.05, 0.1) is 13.2 Å². The maximum atomic E-state index is 10.5. The average Bonchev–Trinajstić information content (AvgIpc) is 2.55. The average molecular weight is 332 g/mol. The van der Waals surface area contributed by atoms with E-state index >= 15 is 0 Å². The van der Waals surface area contributed by atoms with Gasteiger partial charge in [-0.05, 0) is 47.9 Å². The molecule has 0 spiro atoms. The van der Waals surface area contributed by atoms with E-state index in [4.69, 9.17) is 19.7 Å². The molecule has 128 valence electrons. The van der Waals surface area contributed by atoms with Gasteiger partial charge in [-0.1, -0.05) is 12.1 Å². The van der Waals surface area contributed by atoms with E-state index in [9.17, 15) is 9.59 Å². The van der Waals surface area contributed by atoms with Gasteiger partial charge in [-0.3, -0.25) is 9.59 Å². The fourth-order valence-corrected chi connectivity index (χ4v) is 2.21. The third kappa shape index (κ3) is 5.79. The van der Waals surface area contributed by atoms with Crippen LogP contribution in [0, 0.1) is 0 Å². The van der Waals surface area contributed by atoms with E-state index in [1.807, 2.05) is 36.4 Å². The van der Waals surface area contributed by atoms with Gasteiger partial charge in [0.1, 0.15) is 11.5 Å². The molecule has 6 nitrogen and oxygen atoms in total. The maximum absolute atomic E-state index is 10.5. The van der Waals surface area contributed by atoms with Gasteiger partial charge < -0.3 is 19.7 Å². The van der Waals surface area contributed by atoms with Crippen molar-refractivity contribution >= 4 is 22.7 Å². The molecule has 2 aromatic carbocycles. The Hall–Kier alpha value is -2.76. The molecule has 0 atom stereocenters. The minimum Gasteiger partial charge on any atom is -0.494 e. The number of fused-ring (bicyclic) bond motifs is 1. The molecule has 0 unspecified atom stereocenters. The Bertz CT molecular complexity index is 653. The number of hydrogen-bond donors (Lipinski definition) is 2. The topological polar surface area (TPSA) is 93.1 Å². The summed E-state index contributed by atoms with van der Waals surface area (Å²) in [4.78, 5) is 20.9. The van der Waals surface area contributed by atoms with Crippen molar-refractivity contribution in [3.63, 3.8) is 0 Å². The molecule has 0 amide bonds. The fraction of sp³-hybridized carbons (Fsp3) is 0.333. The second-order valence-electron chi connectivity index (χ2n) is 5.36. The largest absolute Gasteiger partial charge is 0.494 e. The van der Waals surface area contributed by atoms with Gasteiger partial charge in [-0.15, -0.1) is 0 Å². The minimum absolute atomic E-state index is 0.0852. The molecule has 0 aliphatic rings. The van der Waals surface area contributed by atoms with Gasteiger partial charge in [-0.2, -0.15) is 0 Å². The molecule has 0 aromatic heterocycles. The minimum atomic E-state index is -0.832. The summed E-state index contributed by atoms with van der Waals surface area (Å²) >= 11 is 0. The van der Waals surface area contributed by atoms with Gasteiger partial charge >= 0.3 is 11.9 Å². The van der Waals surface area contributed by atoms with Crippen molar-refractivity contribution in [2.75, 3.05) is 13.2 Å². The number of carboxylic acids is 2. The van der Waals surface area contributed by atoms with E-state index in [0.717, 1.165) is 10.8 Å². The van der Waals surface area contributed by atoms with E-state index in [-0.39, 0.29) is 12.8 Å². The second kappa shape index (κ2) is 8.76. The van der Waals surface area contributed by atoms with Crippen LogP contribution >= 0.6 is 0 Å². The molecule has 0 aliphatic heterocycles. The molecule has 0 fully saturated rings. The lowest BCUT2D eigenvalue weighted by molar-refractivity contribution is -0.138. The lowest BCUT2D eigenvalue weighted by Crippen LogP contribution is -2.02. The van der Waals surface area contributed by atoms with E-state index in [2.05, 4.69) is 0 Å². The third-order valence-electron chi connectivity index (χ3n) is 3.39. The number of carboxylic acid groups (broad SMARTS) is 2. The van der Waals surface area contributed by atoms with Crippen LogP contribution in [0.2, 0.25) is 0 Å². The van der Waals surface area contributed by atoms with Crippen LogP contribution in [0.3, 0.4) is 0 Å². The first-order valence-corrected chi connectivity index (χ1v) is 7.77. The van der Waals surface area contributed by atoms with Crippen LogP contribution in [-0.2, 0) is 9.59 Å². The first-order valence-electron chi connectivity index (χ1n) is 7.77. The Morgan fingerprint density at radius 3 is 1.62 bits per heavy atom. The summed E-state index contributed by atoms with van der Waals surface area (Å²) in [6.07, 6.45) is 1.09. The molecular formula is C18H20O6. The molecule has 0 aliphatic carbocycles. The van der Waals surface area contributed by atoms with Crippen LogP contribution in [0.15, 0.2) is 36.4 Å². The zero-order valence-corrected chi connectivity index (χ0v) is 13.2. The highest BCUT2D eigenvalue weighted by Crippen LogP contribution is 2.25. The molecule has 0 saturated heterocycles. The molecule has 0 saturated carbocycles. The van der Waals surface area contributed by atoms with Crippen LogP contribution in [0.5, 0.6) is 11.5 Å². The Morgan fingerprint density at radius 1 is 0.750 bits per heavy atom. The van der Waals surface area contributed by atoms with Gasteiger partial charge in [0.15, 0.2) is 0 Å². The highest BCUT2D eigenvalue weighted by Gasteiger charge is 2.03. The van der Waals surface area contributed by atoms with Gasteiger partial charge in [-0.25, -0.2) is 0 Å². The van der Waals surface area contributed by atoms with Crippen LogP contribution < -0.4 is 9.47 Å². The van der Waals surface area contributed by atoms with E-state index < -0.39 is 11.9 Å². The Kier molecular flexibility index (Phi) is 6.42. The van der Waals surface area contributed by atoms with Gasteiger partial charge in [0.25, 0.3) is 0 Å². The zero-order valence-electron chi connectivity index (χ0n) is 13.2. The highest BCUT2D eigenvalue weighted by atomic mass is 16.5. The summed E-state index contributed by atoms with van der Waals surface area (Å²) in [5.41, 5.74) is 0. The van der Waals surface area contributed by atoms with Crippen LogP contribution in [0.4, 0.5) is 0 Å². The third-order valence-corrected chi connectivity index (χ3v) is 3.39. The molecule has 6 heteroatoms. The lowest BCUT2D eigenvalue weighted by atomic mass is 10.1. The van der Waals surface area contributed by atoms with E-state index in [1.165, 1.54) is 0 Å². The number of ether oxygens (including phenoxy) is 2. The monoisotopic (exact) mass is 332 g/mol. The summed E-state index contributed by atoms with van der Waals surface area (Å²) < 4.78 is 11.1. The zero-order chi connectivity index (χ0) is 17.4. The lowest BCUT2D eigenvalue weighted by Gasteiger charge is -2.09. The van der Waals surface area contributed by atoms with Crippen molar-refractivity contribution in [1.82, 2.24) is 0 Å². The summed E-state index contributed by atoms with van der Waals surface area (Å²) in [6.45, 7) is 0.701. The predicted molar refractivity (Wildman–Crippen MR) is 88.7 cm³/mol. The molecular weight excluding hydrogens is 312 g/mol. The maximum Gasteiger partial charge on any atom is 0.303 e. The number of carbonyl (C=O) groups is 2. The van der Waals surface area contributed by atoms with Crippen LogP contribution in [-0.4, -0.2) is 35.4 Å². The summed E-state index contributed by atoms with van der Waals surface area (Å²) in [6, 6.07) is 11.3. The number of aliphatic carboxylic acids is 2. The van der Waals surface area contributed by atoms with Crippen molar-refractivity contribution in [1.29, 1.82) is 0 Å². The smallest absolute Gasteiger partial charge is 0.303 e. The molecule has 24 heavy (non-hydrogen) atoms. The van der Waals surface area contributed by atoms with Gasteiger partial charge in [0, 0.05) is 12.8 Å². The number of benzene rings is 2. The Morgan fingerprint density at radius 2 is 1.21 bits per heavy atom. The van der Waals surface area contributed by atoms with Crippen molar-refractivity contribution in [3.8, 4) is 11.5 Å². The summed E-state index contributed by atoms with van der Waals surface area (Å²) in [5.74, 6) is -0.310. The predicted octanol–water partition coefficient (Wildman–Crippen LogP) is 3.33. The molecule has 2 aromatic rings. The van der Waals surface area contributed by atoms with Crippen LogP contribution in [0.1, 0.15) is 25.7 Å². The summed E-state index contributed by atoms with van der Waals surface area (Å²) in [7, 11) is 0. The molecule has 0 heterocycles.